The van der Waals surface area contributed by atoms with Crippen LogP contribution in [0.1, 0.15) is 11.4 Å². The van der Waals surface area contributed by atoms with Gasteiger partial charge in [0.25, 0.3) is 5.56 Å². The molecule has 0 saturated carbocycles. The summed E-state index contributed by atoms with van der Waals surface area (Å²) in [4.78, 5) is 14.6. The van der Waals surface area contributed by atoms with Gasteiger partial charge in [0.2, 0.25) is 5.78 Å². The fraction of sp³-hybridized carbons (Fsp3) is 0.190. The molecule has 0 saturated heterocycles. The predicted molar refractivity (Wildman–Crippen MR) is 106 cm³/mol. The van der Waals surface area contributed by atoms with Crippen LogP contribution in [-0.2, 0) is 20.1 Å². The summed E-state index contributed by atoms with van der Waals surface area (Å²) in [5.74, 6) is 0.915. The lowest BCUT2D eigenvalue weighted by molar-refractivity contribution is 0.274. The van der Waals surface area contributed by atoms with E-state index in [4.69, 9.17) is 0 Å². The highest BCUT2D eigenvalue weighted by Gasteiger charge is 2.17. The number of nitrogens with zero attached hydrogens (tertiary/aromatic N) is 5. The van der Waals surface area contributed by atoms with Gasteiger partial charge in [-0.3, -0.25) is 18.7 Å². The molecule has 2 heterocycles. The van der Waals surface area contributed by atoms with Gasteiger partial charge < -0.3 is 0 Å². The molecule has 2 aromatic heterocycles. The molecule has 0 fully saturated rings. The molecular formula is C21H20FN5O. The Hall–Kier alpha value is -3.32. The second-order valence-corrected chi connectivity index (χ2v) is 6.68. The van der Waals surface area contributed by atoms with Gasteiger partial charge in [0.15, 0.2) is 5.82 Å². The van der Waals surface area contributed by atoms with E-state index < -0.39 is 0 Å². The number of halogens is 1. The van der Waals surface area contributed by atoms with Crippen LogP contribution in [-0.4, -0.2) is 30.6 Å². The molecule has 0 aliphatic heterocycles. The smallest absolute Gasteiger partial charge is 0.262 e. The van der Waals surface area contributed by atoms with E-state index in [9.17, 15) is 9.18 Å². The quantitative estimate of drug-likeness (QED) is 0.485. The van der Waals surface area contributed by atoms with E-state index in [0.717, 1.165) is 5.52 Å². The molecular weight excluding hydrogens is 357 g/mol. The zero-order valence-corrected chi connectivity index (χ0v) is 15.5. The zero-order chi connectivity index (χ0) is 19.7. The summed E-state index contributed by atoms with van der Waals surface area (Å²) in [5.41, 5.74) is 1.25. The lowest BCUT2D eigenvalue weighted by Gasteiger charge is -2.20. The van der Waals surface area contributed by atoms with Gasteiger partial charge in [-0.25, -0.2) is 4.39 Å². The van der Waals surface area contributed by atoms with Crippen LogP contribution in [0, 0.1) is 5.82 Å². The largest absolute Gasteiger partial charge is 0.288 e. The standard InChI is InChI=1S/C21H20FN5O/c1-3-12-26(13-15-8-4-6-10-17(15)22)14-19-23-24-21-25(2)20(28)16-9-5-7-11-18(16)27(19)21/h3-11H,1,12-14H2,2H3. The average Bonchev–Trinajstić information content (AvgIpc) is 3.12. The second kappa shape index (κ2) is 7.36. The van der Waals surface area contributed by atoms with Crippen LogP contribution in [0.2, 0.25) is 0 Å². The van der Waals surface area contributed by atoms with Gasteiger partial charge in [-0.2, -0.15) is 0 Å². The number of hydrogen-bond acceptors (Lipinski definition) is 4. The molecule has 2 aromatic carbocycles. The number of fused-ring (bicyclic) bond motifs is 3. The highest BCUT2D eigenvalue weighted by atomic mass is 19.1. The SMILES string of the molecule is C=CCN(Cc1ccccc1F)Cc1nnc2n(C)c(=O)c3ccccc3n12. The maximum Gasteiger partial charge on any atom is 0.262 e. The summed E-state index contributed by atoms with van der Waals surface area (Å²) in [6, 6.07) is 14.1. The van der Waals surface area contributed by atoms with Gasteiger partial charge in [0, 0.05) is 25.7 Å². The third-order valence-electron chi connectivity index (χ3n) is 4.80. The van der Waals surface area contributed by atoms with Crippen LogP contribution >= 0.6 is 0 Å². The van der Waals surface area contributed by atoms with Crippen LogP contribution in [0.3, 0.4) is 0 Å². The minimum atomic E-state index is -0.240. The Morgan fingerprint density at radius 2 is 1.86 bits per heavy atom. The normalized spacial score (nSPS) is 11.5. The Morgan fingerprint density at radius 3 is 2.64 bits per heavy atom. The Bertz CT molecular complexity index is 1230. The van der Waals surface area contributed by atoms with Gasteiger partial charge in [0.1, 0.15) is 5.82 Å². The van der Waals surface area contributed by atoms with Crippen LogP contribution in [0.25, 0.3) is 16.7 Å². The van der Waals surface area contributed by atoms with Crippen LogP contribution < -0.4 is 5.56 Å². The molecule has 0 aliphatic carbocycles. The molecule has 0 N–H and O–H groups in total. The summed E-state index contributed by atoms with van der Waals surface area (Å²) in [7, 11) is 1.68. The minimum Gasteiger partial charge on any atom is -0.288 e. The molecule has 28 heavy (non-hydrogen) atoms. The van der Waals surface area contributed by atoms with Gasteiger partial charge in [0.05, 0.1) is 17.4 Å². The van der Waals surface area contributed by atoms with Gasteiger partial charge >= 0.3 is 0 Å². The lowest BCUT2D eigenvalue weighted by atomic mass is 10.2. The zero-order valence-electron chi connectivity index (χ0n) is 15.5. The summed E-state index contributed by atoms with van der Waals surface area (Å²) >= 11 is 0. The Kier molecular flexibility index (Phi) is 4.75. The van der Waals surface area contributed by atoms with Gasteiger partial charge in [-0.05, 0) is 18.2 Å². The topological polar surface area (TPSA) is 55.4 Å². The Labute approximate surface area is 161 Å². The van der Waals surface area contributed by atoms with E-state index in [2.05, 4.69) is 16.8 Å². The molecule has 0 unspecified atom stereocenters. The molecule has 0 spiro atoms. The monoisotopic (exact) mass is 377 g/mol. The summed E-state index contributed by atoms with van der Waals surface area (Å²) in [6.07, 6.45) is 1.78. The number of para-hydroxylation sites is 1. The van der Waals surface area contributed by atoms with Crippen molar-refractivity contribution in [2.45, 2.75) is 13.1 Å². The number of rotatable bonds is 6. The predicted octanol–water partition coefficient (Wildman–Crippen LogP) is 2.91. The van der Waals surface area contributed by atoms with E-state index in [-0.39, 0.29) is 11.4 Å². The Balaban J connectivity index is 1.79. The van der Waals surface area contributed by atoms with Crippen molar-refractivity contribution in [2.24, 2.45) is 7.05 Å². The molecule has 4 rings (SSSR count). The fourth-order valence-electron chi connectivity index (χ4n) is 3.43. The fourth-order valence-corrected chi connectivity index (χ4v) is 3.43. The van der Waals surface area contributed by atoms with Crippen LogP contribution in [0.4, 0.5) is 4.39 Å². The molecule has 142 valence electrons. The van der Waals surface area contributed by atoms with Crippen molar-refractivity contribution in [2.75, 3.05) is 6.54 Å². The number of aryl methyl sites for hydroxylation is 1. The number of hydrogen-bond donors (Lipinski definition) is 0. The van der Waals surface area contributed by atoms with E-state index >= 15 is 0 Å². The molecule has 0 bridgehead atoms. The first kappa shape index (κ1) is 18.1. The molecule has 0 atom stereocenters. The average molecular weight is 377 g/mol. The van der Waals surface area contributed by atoms with Crippen molar-refractivity contribution in [1.29, 1.82) is 0 Å². The molecule has 7 heteroatoms. The minimum absolute atomic E-state index is 0.114. The van der Waals surface area contributed by atoms with Crippen molar-refractivity contribution in [3.8, 4) is 0 Å². The number of benzene rings is 2. The highest BCUT2D eigenvalue weighted by molar-refractivity contribution is 5.80. The van der Waals surface area contributed by atoms with E-state index in [1.807, 2.05) is 33.6 Å². The second-order valence-electron chi connectivity index (χ2n) is 6.68. The molecule has 0 aliphatic rings. The first-order chi connectivity index (χ1) is 13.6. The third kappa shape index (κ3) is 3.10. The summed E-state index contributed by atoms with van der Waals surface area (Å²) in [5, 5.41) is 9.13. The first-order valence-corrected chi connectivity index (χ1v) is 8.98. The van der Waals surface area contributed by atoms with Crippen molar-refractivity contribution < 1.29 is 4.39 Å². The third-order valence-corrected chi connectivity index (χ3v) is 4.80. The van der Waals surface area contributed by atoms with E-state index in [1.54, 1.807) is 31.3 Å². The van der Waals surface area contributed by atoms with E-state index in [1.165, 1.54) is 10.6 Å². The maximum atomic E-state index is 14.1. The van der Waals surface area contributed by atoms with E-state index in [0.29, 0.717) is 42.2 Å². The molecule has 4 aromatic rings. The molecule has 0 radical (unpaired) electrons. The van der Waals surface area contributed by atoms with Crippen molar-refractivity contribution in [1.82, 2.24) is 24.1 Å². The van der Waals surface area contributed by atoms with Crippen LogP contribution in [0.5, 0.6) is 0 Å². The van der Waals surface area contributed by atoms with Gasteiger partial charge in [-0.15, -0.1) is 16.8 Å². The lowest BCUT2D eigenvalue weighted by Crippen LogP contribution is -2.25. The summed E-state index contributed by atoms with van der Waals surface area (Å²) < 4.78 is 17.5. The van der Waals surface area contributed by atoms with Crippen LogP contribution in [0.15, 0.2) is 66.0 Å². The van der Waals surface area contributed by atoms with Crippen molar-refractivity contribution in [3.05, 3.63) is 88.7 Å². The Morgan fingerprint density at radius 1 is 1.11 bits per heavy atom. The molecule has 0 amide bonds. The van der Waals surface area contributed by atoms with Gasteiger partial charge in [-0.1, -0.05) is 36.4 Å². The first-order valence-electron chi connectivity index (χ1n) is 8.98. The van der Waals surface area contributed by atoms with Crippen molar-refractivity contribution >= 4 is 16.7 Å². The highest BCUT2D eigenvalue weighted by Crippen LogP contribution is 2.17. The summed E-state index contributed by atoms with van der Waals surface area (Å²) in [6.45, 7) is 5.22. The molecule has 6 nitrogen and oxygen atoms in total. The maximum absolute atomic E-state index is 14.1. The number of aromatic nitrogens is 4. The van der Waals surface area contributed by atoms with Crippen molar-refractivity contribution in [3.63, 3.8) is 0 Å².